The molecule has 2 nitrogen and oxygen atoms in total. The number of rotatable bonds is 6. The summed E-state index contributed by atoms with van der Waals surface area (Å²) in [5, 5.41) is 1.40. The molecule has 0 saturated heterocycles. The lowest BCUT2D eigenvalue weighted by atomic mass is 10.2. The number of allylic oxidation sites excluding steroid dienone is 1. The van der Waals surface area contributed by atoms with Crippen molar-refractivity contribution in [3.8, 4) is 0 Å². The van der Waals surface area contributed by atoms with Crippen LogP contribution in [0.4, 0.5) is 8.78 Å². The number of carbonyl (C=O) groups is 1. The molecule has 5 heteroatoms. The number of hydrogen-bond donors (Lipinski definition) is 0. The fraction of sp³-hybridized carbons (Fsp3) is 0.0556. The molecular weight excluding hydrogens is 318 g/mol. The summed E-state index contributed by atoms with van der Waals surface area (Å²) in [6.07, 6.45) is 4.44. The van der Waals surface area contributed by atoms with Crippen molar-refractivity contribution in [2.24, 2.45) is 0 Å². The van der Waals surface area contributed by atoms with Gasteiger partial charge in [-0.25, -0.2) is 8.78 Å². The average Bonchev–Trinajstić information content (AvgIpc) is 2.54. The Kier molecular flexibility index (Phi) is 6.11. The van der Waals surface area contributed by atoms with Crippen molar-refractivity contribution in [1.82, 2.24) is 0 Å². The highest BCUT2D eigenvalue weighted by Crippen LogP contribution is 2.06. The maximum Gasteiger partial charge on any atom is 0.168 e. The molecule has 0 heterocycles. The van der Waals surface area contributed by atoms with E-state index in [4.69, 9.17) is 0 Å². The van der Waals surface area contributed by atoms with Crippen molar-refractivity contribution < 1.29 is 17.8 Å². The summed E-state index contributed by atoms with van der Waals surface area (Å²) in [6, 6.07) is 11.4. The second kappa shape index (κ2) is 8.29. The minimum absolute atomic E-state index is 0.143. The van der Waals surface area contributed by atoms with Gasteiger partial charge in [-0.05, 0) is 47.5 Å². The Hall–Kier alpha value is -2.40. The molecule has 2 rings (SSSR count). The molecule has 118 valence electrons. The lowest BCUT2D eigenvalue weighted by molar-refractivity contribution is -0.112. The molecular formula is C18H14F2O2S. The summed E-state index contributed by atoms with van der Waals surface area (Å²) >= 11 is 0. The van der Waals surface area contributed by atoms with Gasteiger partial charge in [0.25, 0.3) is 0 Å². The van der Waals surface area contributed by atoms with Gasteiger partial charge in [0.2, 0.25) is 0 Å². The van der Waals surface area contributed by atoms with Gasteiger partial charge in [-0.2, -0.15) is 0 Å². The van der Waals surface area contributed by atoms with Gasteiger partial charge >= 0.3 is 0 Å². The summed E-state index contributed by atoms with van der Waals surface area (Å²) in [5.74, 6) is -1.13. The van der Waals surface area contributed by atoms with Crippen LogP contribution < -0.4 is 0 Å². The van der Waals surface area contributed by atoms with Crippen LogP contribution in [0.5, 0.6) is 0 Å². The fourth-order valence-corrected chi connectivity index (χ4v) is 2.51. The van der Waals surface area contributed by atoms with Crippen molar-refractivity contribution in [3.05, 3.63) is 82.8 Å². The quantitative estimate of drug-likeness (QED) is 0.750. The predicted molar refractivity (Wildman–Crippen MR) is 88.9 cm³/mol. The molecule has 2 aromatic rings. The molecule has 23 heavy (non-hydrogen) atoms. The second-order valence-corrected chi connectivity index (χ2v) is 6.05. The van der Waals surface area contributed by atoms with Crippen molar-refractivity contribution in [3.63, 3.8) is 0 Å². The normalized spacial score (nSPS) is 12.8. The molecule has 0 aliphatic heterocycles. The van der Waals surface area contributed by atoms with E-state index in [1.807, 2.05) is 0 Å². The molecule has 0 radical (unpaired) electrons. The largest absolute Gasteiger partial charge is 0.294 e. The topological polar surface area (TPSA) is 34.1 Å². The van der Waals surface area contributed by atoms with E-state index >= 15 is 0 Å². The summed E-state index contributed by atoms with van der Waals surface area (Å²) in [5.41, 5.74) is 1.39. The molecule has 0 aliphatic rings. The minimum atomic E-state index is -1.45. The van der Waals surface area contributed by atoms with Gasteiger partial charge in [0, 0.05) is 5.41 Å². The molecule has 0 aliphatic carbocycles. The molecule has 0 bridgehead atoms. The zero-order valence-electron chi connectivity index (χ0n) is 12.1. The zero-order chi connectivity index (χ0) is 16.7. The van der Waals surface area contributed by atoms with Crippen LogP contribution in [0.1, 0.15) is 11.1 Å². The third kappa shape index (κ3) is 6.08. The van der Waals surface area contributed by atoms with E-state index in [0.29, 0.717) is 11.1 Å². The summed E-state index contributed by atoms with van der Waals surface area (Å²) in [6.45, 7) is 0. The lowest BCUT2D eigenvalue weighted by Crippen LogP contribution is -2.05. The molecule has 2 aromatic carbocycles. The van der Waals surface area contributed by atoms with Gasteiger partial charge in [0.1, 0.15) is 11.6 Å². The van der Waals surface area contributed by atoms with E-state index in [2.05, 4.69) is 0 Å². The van der Waals surface area contributed by atoms with Crippen LogP contribution in [0, 0.1) is 11.6 Å². The van der Waals surface area contributed by atoms with E-state index in [-0.39, 0.29) is 23.2 Å². The number of hydrogen-bond acceptors (Lipinski definition) is 2. The van der Waals surface area contributed by atoms with Gasteiger partial charge in [0.15, 0.2) is 5.78 Å². The van der Waals surface area contributed by atoms with Gasteiger partial charge in [-0.3, -0.25) is 9.00 Å². The first-order valence-corrected chi connectivity index (χ1v) is 8.18. The smallest absolute Gasteiger partial charge is 0.168 e. The van der Waals surface area contributed by atoms with Crippen molar-refractivity contribution in [1.29, 1.82) is 0 Å². The van der Waals surface area contributed by atoms with Crippen molar-refractivity contribution in [2.45, 2.75) is 0 Å². The maximum atomic E-state index is 12.7. The monoisotopic (exact) mass is 332 g/mol. The first-order chi connectivity index (χ1) is 11.0. The second-order valence-electron chi connectivity index (χ2n) is 4.73. The summed E-state index contributed by atoms with van der Waals surface area (Å²) in [7, 11) is -1.45. The number of ketones is 1. The molecule has 0 amide bonds. The Bertz CT molecular complexity index is 682. The fourth-order valence-electron chi connectivity index (χ4n) is 1.73. The average molecular weight is 332 g/mol. The standard InChI is InChI=1S/C18H14F2O2S/c19-16-6-1-14(2-7-16)5-10-18(21)13-23(22)12-11-15-3-8-17(20)9-4-15/h1-12H,13H2/b10-5+,12-11-. The number of benzene rings is 2. The first-order valence-electron chi connectivity index (χ1n) is 6.80. The van der Waals surface area contributed by atoms with Crippen LogP contribution in [0.3, 0.4) is 0 Å². The Morgan fingerprint density at radius 1 is 0.870 bits per heavy atom. The summed E-state index contributed by atoms with van der Waals surface area (Å²) in [4.78, 5) is 11.7. The van der Waals surface area contributed by atoms with Crippen LogP contribution in [-0.2, 0) is 15.6 Å². The highest BCUT2D eigenvalue weighted by atomic mass is 32.2. The van der Waals surface area contributed by atoms with Crippen LogP contribution in [0.15, 0.2) is 60.0 Å². The van der Waals surface area contributed by atoms with Crippen LogP contribution in [0.25, 0.3) is 12.2 Å². The van der Waals surface area contributed by atoms with Gasteiger partial charge in [-0.1, -0.05) is 30.3 Å². The molecule has 0 N–H and O–H groups in total. The predicted octanol–water partition coefficient (Wildman–Crippen LogP) is 3.97. The van der Waals surface area contributed by atoms with E-state index in [9.17, 15) is 17.8 Å². The van der Waals surface area contributed by atoms with Crippen LogP contribution in [-0.4, -0.2) is 15.7 Å². The molecule has 1 unspecified atom stereocenters. The molecule has 1 atom stereocenters. The third-order valence-electron chi connectivity index (χ3n) is 2.90. The molecule has 0 aromatic heterocycles. The minimum Gasteiger partial charge on any atom is -0.294 e. The SMILES string of the molecule is O=C(/C=C/c1ccc(F)cc1)CS(=O)/C=C\c1ccc(F)cc1. The van der Waals surface area contributed by atoms with Gasteiger partial charge in [0.05, 0.1) is 16.6 Å². The Balaban J connectivity index is 1.88. The van der Waals surface area contributed by atoms with Gasteiger partial charge < -0.3 is 0 Å². The Morgan fingerprint density at radius 3 is 1.87 bits per heavy atom. The van der Waals surface area contributed by atoms with Crippen LogP contribution >= 0.6 is 0 Å². The van der Waals surface area contributed by atoms with Crippen LogP contribution in [0.2, 0.25) is 0 Å². The van der Waals surface area contributed by atoms with E-state index in [0.717, 1.165) is 0 Å². The van der Waals surface area contributed by atoms with E-state index in [1.165, 1.54) is 35.7 Å². The maximum absolute atomic E-state index is 12.7. The molecule has 0 fully saturated rings. The lowest BCUT2D eigenvalue weighted by Gasteiger charge is -1.95. The highest BCUT2D eigenvalue weighted by molar-refractivity contribution is 7.88. The van der Waals surface area contributed by atoms with E-state index in [1.54, 1.807) is 36.4 Å². The van der Waals surface area contributed by atoms with Gasteiger partial charge in [-0.15, -0.1) is 0 Å². The number of halogens is 2. The Labute approximate surface area is 135 Å². The Morgan fingerprint density at radius 2 is 1.35 bits per heavy atom. The molecule has 0 spiro atoms. The van der Waals surface area contributed by atoms with E-state index < -0.39 is 10.8 Å². The van der Waals surface area contributed by atoms with Crippen molar-refractivity contribution >= 4 is 28.7 Å². The van der Waals surface area contributed by atoms with Crippen molar-refractivity contribution in [2.75, 3.05) is 5.75 Å². The molecule has 0 saturated carbocycles. The number of carbonyl (C=O) groups excluding carboxylic acids is 1. The first kappa shape index (κ1) is 17.0. The zero-order valence-corrected chi connectivity index (χ0v) is 12.9. The highest BCUT2D eigenvalue weighted by Gasteiger charge is 2.02. The third-order valence-corrected chi connectivity index (χ3v) is 3.91. The summed E-state index contributed by atoms with van der Waals surface area (Å²) < 4.78 is 37.3.